The van der Waals surface area contributed by atoms with Crippen LogP contribution in [0, 0.1) is 0 Å². The van der Waals surface area contributed by atoms with Gasteiger partial charge in [-0.25, -0.2) is 38.4 Å². The number of hydrogen-bond donors (Lipinski definition) is 0. The summed E-state index contributed by atoms with van der Waals surface area (Å²) in [4.78, 5) is 99.5. The van der Waals surface area contributed by atoms with Gasteiger partial charge in [0.05, 0.1) is 44.5 Å². The molecule has 14 rings (SSSR count). The molecule has 4 heterocycles. The Morgan fingerprint density at radius 2 is 0.438 bits per heavy atom. The number of carbonyl (C=O) groups is 8. The minimum atomic E-state index is -0.846. The molecule has 4 aliphatic heterocycles. The van der Waals surface area contributed by atoms with Crippen molar-refractivity contribution in [3.05, 3.63) is 137 Å². The van der Waals surface area contributed by atoms with Crippen molar-refractivity contribution in [2.24, 2.45) is 0 Å². The summed E-state index contributed by atoms with van der Waals surface area (Å²) in [5.74, 6) is -6.05. The second-order valence-corrected chi connectivity index (χ2v) is 17.1. The Morgan fingerprint density at radius 3 is 0.672 bits per heavy atom. The topological polar surface area (TPSA) is 173 Å². The molecule has 0 spiro atoms. The third kappa shape index (κ3) is 4.39. The zero-order valence-electron chi connectivity index (χ0n) is 31.3. The van der Waals surface area contributed by atoms with Crippen molar-refractivity contribution < 1.29 is 57.3 Å². The number of ether oxygens (including phenoxy) is 4. The molecule has 16 heteroatoms. The van der Waals surface area contributed by atoms with E-state index in [1.807, 2.05) is 24.3 Å². The molecule has 0 aliphatic carbocycles. The van der Waals surface area contributed by atoms with Crippen LogP contribution in [0.2, 0.25) is 20.1 Å². The molecule has 10 aromatic rings. The standard InChI is InChI=1S/C24H4Cl4O6.C24H8O6/c25-9-1-5-13-6(22(30)33-21(5)29)2-11(27)17-18-12(28)4-8-14-7(23(31)34-24(8)32)3-10(26)16(20(14)18)15(9)19(13)17;25-21-13-5-1-9-10-2-6-15-20-16(24(28)30-23(15)27)8-4-12(18(10)20)11-3-7-14(22(26)29-21)19(13)17(9)11/h1-4H;1-8H. The molecule has 4 aliphatic rings. The van der Waals surface area contributed by atoms with Crippen LogP contribution in [0.1, 0.15) is 82.9 Å². The van der Waals surface area contributed by atoms with Gasteiger partial charge in [0.25, 0.3) is 0 Å². The quantitative estimate of drug-likeness (QED) is 0.0464. The molecule has 0 fully saturated rings. The lowest BCUT2D eigenvalue weighted by Crippen LogP contribution is -2.21. The first-order valence-electron chi connectivity index (χ1n) is 19.0. The zero-order chi connectivity index (χ0) is 44.1. The van der Waals surface area contributed by atoms with Crippen LogP contribution in [0.15, 0.2) is 72.8 Å². The lowest BCUT2D eigenvalue weighted by Gasteiger charge is -2.25. The first-order valence-corrected chi connectivity index (χ1v) is 20.5. The van der Waals surface area contributed by atoms with E-state index in [9.17, 15) is 38.4 Å². The Labute approximate surface area is 373 Å². The maximum atomic E-state index is 12.6. The van der Waals surface area contributed by atoms with E-state index in [1.165, 1.54) is 24.3 Å². The summed E-state index contributed by atoms with van der Waals surface area (Å²) in [5, 5.41) is 9.57. The van der Waals surface area contributed by atoms with E-state index in [0.29, 0.717) is 76.1 Å². The monoisotopic (exact) mass is 920 g/mol. The molecule has 12 nitrogen and oxygen atoms in total. The molecular weight excluding hydrogens is 910 g/mol. The van der Waals surface area contributed by atoms with Crippen LogP contribution in [0.25, 0.3) is 86.2 Å². The number of carbonyl (C=O) groups excluding carboxylic acids is 8. The summed E-state index contributed by atoms with van der Waals surface area (Å²) < 4.78 is 19.5. The van der Waals surface area contributed by atoms with Crippen molar-refractivity contribution in [1.29, 1.82) is 0 Å². The van der Waals surface area contributed by atoms with Gasteiger partial charge in [-0.1, -0.05) is 70.7 Å². The van der Waals surface area contributed by atoms with Gasteiger partial charge >= 0.3 is 47.8 Å². The third-order valence-corrected chi connectivity index (χ3v) is 13.7. The van der Waals surface area contributed by atoms with Gasteiger partial charge in [0.1, 0.15) is 0 Å². The highest BCUT2D eigenvalue weighted by molar-refractivity contribution is 6.55. The minimum Gasteiger partial charge on any atom is -0.386 e. The van der Waals surface area contributed by atoms with Crippen LogP contribution < -0.4 is 0 Å². The summed E-state index contributed by atoms with van der Waals surface area (Å²) in [6.45, 7) is 0. The zero-order valence-corrected chi connectivity index (χ0v) is 34.4. The van der Waals surface area contributed by atoms with Gasteiger partial charge in [-0.2, -0.15) is 0 Å². The predicted octanol–water partition coefficient (Wildman–Crippen LogP) is 11.3. The second kappa shape index (κ2) is 12.2. The molecule has 0 atom stereocenters. The fraction of sp³-hybridized carbons (Fsp3) is 0. The summed E-state index contributed by atoms with van der Waals surface area (Å²) in [6.07, 6.45) is 0. The smallest absolute Gasteiger partial charge is 0.346 e. The van der Waals surface area contributed by atoms with E-state index in [2.05, 4.69) is 0 Å². The molecular formula is C48H12Cl4O12. The predicted molar refractivity (Wildman–Crippen MR) is 234 cm³/mol. The fourth-order valence-corrected chi connectivity index (χ4v) is 11.3. The molecule has 0 aromatic heterocycles. The maximum Gasteiger partial charge on any atom is 0.346 e. The number of halogens is 4. The molecule has 0 saturated heterocycles. The van der Waals surface area contributed by atoms with Crippen molar-refractivity contribution in [3.63, 3.8) is 0 Å². The number of esters is 8. The van der Waals surface area contributed by atoms with Gasteiger partial charge in [0.15, 0.2) is 0 Å². The van der Waals surface area contributed by atoms with Crippen LogP contribution in [-0.2, 0) is 18.9 Å². The Hall–Kier alpha value is -7.48. The average molecular weight is 922 g/mol. The number of fused-ring (bicyclic) bond motifs is 4. The molecule has 0 unspecified atom stereocenters. The first kappa shape index (κ1) is 37.1. The van der Waals surface area contributed by atoms with Gasteiger partial charge in [0, 0.05) is 74.0 Å². The van der Waals surface area contributed by atoms with E-state index in [0.717, 1.165) is 32.3 Å². The number of rotatable bonds is 0. The summed E-state index contributed by atoms with van der Waals surface area (Å²) >= 11 is 26.7. The Kier molecular flexibility index (Phi) is 7.05. The van der Waals surface area contributed by atoms with Crippen molar-refractivity contribution in [2.75, 3.05) is 0 Å². The van der Waals surface area contributed by atoms with E-state index < -0.39 is 47.8 Å². The third-order valence-electron chi connectivity index (χ3n) is 12.5. The highest BCUT2D eigenvalue weighted by atomic mass is 35.5. The number of hydrogen-bond acceptors (Lipinski definition) is 12. The lowest BCUT2D eigenvalue weighted by atomic mass is 9.83. The summed E-state index contributed by atoms with van der Waals surface area (Å²) in [6, 6.07) is 19.5. The molecule has 304 valence electrons. The molecule has 0 N–H and O–H groups in total. The van der Waals surface area contributed by atoms with Crippen molar-refractivity contribution in [2.45, 2.75) is 0 Å². The highest BCUT2D eigenvalue weighted by Crippen LogP contribution is 2.54. The van der Waals surface area contributed by atoms with E-state index >= 15 is 0 Å². The summed E-state index contributed by atoms with van der Waals surface area (Å²) in [7, 11) is 0. The molecule has 0 radical (unpaired) electrons. The van der Waals surface area contributed by atoms with Crippen molar-refractivity contribution >= 4 is 180 Å². The average Bonchev–Trinajstić information content (AvgIpc) is 3.26. The van der Waals surface area contributed by atoms with Crippen molar-refractivity contribution in [3.8, 4) is 0 Å². The first-order chi connectivity index (χ1) is 30.7. The van der Waals surface area contributed by atoms with Crippen LogP contribution in [0.3, 0.4) is 0 Å². The largest absolute Gasteiger partial charge is 0.386 e. The van der Waals surface area contributed by atoms with E-state index in [4.69, 9.17) is 65.4 Å². The van der Waals surface area contributed by atoms with Gasteiger partial charge in [-0.15, -0.1) is 0 Å². The van der Waals surface area contributed by atoms with Crippen LogP contribution in [0.4, 0.5) is 0 Å². The molecule has 0 bridgehead atoms. The summed E-state index contributed by atoms with van der Waals surface area (Å²) in [5.41, 5.74) is 1.76. The SMILES string of the molecule is O=C1OC(=O)c2cc(Cl)c3c4c(Cl)cc5c6c(cc(Cl)c(c7c(Cl)cc1c2c73)c64)C(=O)OC5=O.O=C1OC(=O)c2ccc3c4ccc5c6c(ccc(c7ccc1c2c73)c64)C(=O)OC5=O. The van der Waals surface area contributed by atoms with Crippen LogP contribution in [-0.4, -0.2) is 47.8 Å². The highest BCUT2D eigenvalue weighted by Gasteiger charge is 2.37. The van der Waals surface area contributed by atoms with Crippen molar-refractivity contribution in [1.82, 2.24) is 0 Å². The van der Waals surface area contributed by atoms with Gasteiger partial charge in [-0.3, -0.25) is 0 Å². The molecule has 0 amide bonds. The van der Waals surface area contributed by atoms with E-state index in [-0.39, 0.29) is 42.3 Å². The maximum absolute atomic E-state index is 12.6. The fourth-order valence-electron chi connectivity index (χ4n) is 10.1. The van der Waals surface area contributed by atoms with Crippen LogP contribution >= 0.6 is 46.4 Å². The van der Waals surface area contributed by atoms with E-state index in [1.54, 1.807) is 24.3 Å². The minimum absolute atomic E-state index is 0.0938. The van der Waals surface area contributed by atoms with Crippen LogP contribution in [0.5, 0.6) is 0 Å². The van der Waals surface area contributed by atoms with Gasteiger partial charge < -0.3 is 18.9 Å². The second-order valence-electron chi connectivity index (χ2n) is 15.5. The molecule has 64 heavy (non-hydrogen) atoms. The lowest BCUT2D eigenvalue weighted by molar-refractivity contribution is 0.0373. The van der Waals surface area contributed by atoms with Gasteiger partial charge in [-0.05, 0) is 80.8 Å². The molecule has 10 aromatic carbocycles. The Balaban J connectivity index is 0.000000130. The Bertz CT molecular complexity index is 3660. The Morgan fingerprint density at radius 1 is 0.234 bits per heavy atom. The number of benzene rings is 10. The van der Waals surface area contributed by atoms with Gasteiger partial charge in [0.2, 0.25) is 0 Å². The normalized spacial score (nSPS) is 15.3. The molecule has 0 saturated carbocycles. The number of cyclic esters (lactones) is 8.